The molecule has 1 aliphatic carbocycles. The molecule has 3 aliphatic rings. The summed E-state index contributed by atoms with van der Waals surface area (Å²) in [7, 11) is 0. The van der Waals surface area contributed by atoms with E-state index in [1.54, 1.807) is 24.6 Å². The van der Waals surface area contributed by atoms with Gasteiger partial charge in [0.05, 0.1) is 35.7 Å². The van der Waals surface area contributed by atoms with E-state index >= 15 is 0 Å². The number of hydrogen-bond acceptors (Lipinski definition) is 5. The number of ketones is 1. The Kier molecular flexibility index (Phi) is 4.57. The molecule has 1 saturated carbocycles. The van der Waals surface area contributed by atoms with E-state index in [2.05, 4.69) is 9.88 Å². The Balaban J connectivity index is 1.39. The lowest BCUT2D eigenvalue weighted by atomic mass is 9.71. The number of allylic oxidation sites excluding steroid dienone is 1. The minimum Gasteiger partial charge on any atom is -0.496 e. The van der Waals surface area contributed by atoms with E-state index in [0.29, 0.717) is 17.3 Å². The summed E-state index contributed by atoms with van der Waals surface area (Å²) in [6, 6.07) is 11.3. The molecule has 0 amide bonds. The second-order valence-electron chi connectivity index (χ2n) is 7.62. The van der Waals surface area contributed by atoms with Crippen molar-refractivity contribution in [3.05, 3.63) is 65.6 Å². The molecular weight excluding hydrogens is 376 g/mol. The lowest BCUT2D eigenvalue weighted by molar-refractivity contribution is -0.140. The molecule has 5 nitrogen and oxygen atoms in total. The smallest absolute Gasteiger partial charge is 0.173 e. The normalized spacial score (nSPS) is 29.4. The number of fused-ring (bicyclic) bond motifs is 3. The number of carbonyl (C=O) groups excluding carboxylic acids is 1. The summed E-state index contributed by atoms with van der Waals surface area (Å²) in [6.07, 6.45) is 6.90. The minimum absolute atomic E-state index is 0.130. The number of rotatable bonds is 2. The van der Waals surface area contributed by atoms with Crippen molar-refractivity contribution in [2.45, 2.75) is 25.0 Å². The lowest BCUT2D eigenvalue weighted by Crippen LogP contribution is -2.56. The Morgan fingerprint density at radius 2 is 2.00 bits per heavy atom. The van der Waals surface area contributed by atoms with Crippen molar-refractivity contribution in [3.8, 4) is 0 Å². The zero-order chi connectivity index (χ0) is 19.1. The highest BCUT2D eigenvalue weighted by molar-refractivity contribution is 6.30. The summed E-state index contributed by atoms with van der Waals surface area (Å²) in [5.41, 5.74) is 2.52. The van der Waals surface area contributed by atoms with Crippen LogP contribution in [0, 0.1) is 11.8 Å². The van der Waals surface area contributed by atoms with Crippen LogP contribution in [0.4, 0.5) is 5.69 Å². The molecule has 2 aliphatic heterocycles. The molecule has 0 bridgehead atoms. The van der Waals surface area contributed by atoms with Crippen molar-refractivity contribution >= 4 is 28.6 Å². The second kappa shape index (κ2) is 7.22. The molecule has 1 saturated heterocycles. The topological polar surface area (TPSA) is 51.7 Å². The number of benzene rings is 1. The van der Waals surface area contributed by atoms with Crippen molar-refractivity contribution in [2.24, 2.45) is 11.8 Å². The molecule has 2 aromatic rings. The molecule has 3 heterocycles. The van der Waals surface area contributed by atoms with Crippen LogP contribution in [0.25, 0.3) is 5.57 Å². The van der Waals surface area contributed by atoms with Gasteiger partial charge in [-0.1, -0.05) is 23.7 Å². The predicted octanol–water partition coefficient (Wildman–Crippen LogP) is 3.93. The number of Topliss-reactive ketones (excluding diaryl/α,β-unsaturated/α-hetero) is 1. The first-order chi connectivity index (χ1) is 13.7. The van der Waals surface area contributed by atoms with Gasteiger partial charge in [0.25, 0.3) is 0 Å². The minimum atomic E-state index is -0.151. The number of ether oxygens (including phenoxy) is 2. The molecule has 1 aromatic heterocycles. The van der Waals surface area contributed by atoms with Crippen LogP contribution in [-0.2, 0) is 14.3 Å². The first-order valence-electron chi connectivity index (χ1n) is 9.63. The van der Waals surface area contributed by atoms with Gasteiger partial charge in [-0.25, -0.2) is 0 Å². The third-order valence-electron chi connectivity index (χ3n) is 6.05. The number of anilines is 1. The van der Waals surface area contributed by atoms with E-state index in [1.165, 1.54) is 0 Å². The number of hydrogen-bond donors (Lipinski definition) is 0. The zero-order valence-corrected chi connectivity index (χ0v) is 16.1. The predicted molar refractivity (Wildman–Crippen MR) is 107 cm³/mol. The molecule has 6 heteroatoms. The Hall–Kier alpha value is -2.37. The quantitative estimate of drug-likeness (QED) is 0.769. The van der Waals surface area contributed by atoms with Crippen LogP contribution in [0.5, 0.6) is 0 Å². The van der Waals surface area contributed by atoms with E-state index in [9.17, 15) is 4.79 Å². The summed E-state index contributed by atoms with van der Waals surface area (Å²) in [6.45, 7) is 1.35. The van der Waals surface area contributed by atoms with Crippen molar-refractivity contribution < 1.29 is 14.3 Å². The van der Waals surface area contributed by atoms with Crippen LogP contribution in [-0.4, -0.2) is 36.3 Å². The average molecular weight is 397 g/mol. The molecule has 1 aromatic carbocycles. The SMILES string of the molecule is O=C1C(c2ccc(Cl)cc2)=COC2C1CCC1OCN(c3cccnc3)CC12. The third-order valence-corrected chi connectivity index (χ3v) is 6.30. The highest BCUT2D eigenvalue weighted by Crippen LogP contribution is 2.42. The van der Waals surface area contributed by atoms with Gasteiger partial charge in [0, 0.05) is 23.7 Å². The Morgan fingerprint density at radius 3 is 2.79 bits per heavy atom. The molecule has 144 valence electrons. The number of pyridine rings is 1. The van der Waals surface area contributed by atoms with Crippen molar-refractivity contribution in [1.82, 2.24) is 4.98 Å². The number of aromatic nitrogens is 1. The van der Waals surface area contributed by atoms with Gasteiger partial charge in [0.15, 0.2) is 5.78 Å². The summed E-state index contributed by atoms with van der Waals surface area (Å²) in [4.78, 5) is 19.6. The Labute approximate surface area is 168 Å². The zero-order valence-electron chi connectivity index (χ0n) is 15.3. The first-order valence-corrected chi connectivity index (χ1v) is 10.0. The van der Waals surface area contributed by atoms with Crippen LogP contribution < -0.4 is 4.90 Å². The summed E-state index contributed by atoms with van der Waals surface area (Å²) in [5, 5.41) is 0.654. The number of carbonyl (C=O) groups is 1. The van der Waals surface area contributed by atoms with E-state index < -0.39 is 0 Å². The molecule has 5 rings (SSSR count). The fourth-order valence-corrected chi connectivity index (χ4v) is 4.72. The standard InChI is InChI=1S/C22H21ClN2O3/c23-15-5-3-14(4-6-15)19-12-27-22-17(21(19)26)7-8-20-18(22)11-25(13-28-20)16-2-1-9-24-10-16/h1-6,9-10,12,17-18,20,22H,7-8,11,13H2. The summed E-state index contributed by atoms with van der Waals surface area (Å²) in [5.74, 6) is 0.185. The van der Waals surface area contributed by atoms with Crippen LogP contribution in [0.1, 0.15) is 18.4 Å². The molecule has 0 spiro atoms. The molecule has 4 unspecified atom stereocenters. The van der Waals surface area contributed by atoms with Crippen molar-refractivity contribution in [1.29, 1.82) is 0 Å². The first kappa shape index (κ1) is 17.7. The molecule has 28 heavy (non-hydrogen) atoms. The maximum Gasteiger partial charge on any atom is 0.173 e. The molecule has 2 fully saturated rings. The highest BCUT2D eigenvalue weighted by atomic mass is 35.5. The van der Waals surface area contributed by atoms with Gasteiger partial charge in [-0.15, -0.1) is 0 Å². The van der Waals surface area contributed by atoms with E-state index in [-0.39, 0.29) is 29.8 Å². The summed E-state index contributed by atoms with van der Waals surface area (Å²) >= 11 is 5.98. The van der Waals surface area contributed by atoms with Crippen LogP contribution in [0.15, 0.2) is 55.1 Å². The van der Waals surface area contributed by atoms with Crippen LogP contribution in [0.3, 0.4) is 0 Å². The Bertz CT molecular complexity index is 900. The van der Waals surface area contributed by atoms with Crippen molar-refractivity contribution in [2.75, 3.05) is 18.2 Å². The van der Waals surface area contributed by atoms with Crippen LogP contribution >= 0.6 is 11.6 Å². The molecule has 4 atom stereocenters. The number of halogens is 1. The number of nitrogens with zero attached hydrogens (tertiary/aromatic N) is 2. The van der Waals surface area contributed by atoms with Gasteiger partial charge in [0.1, 0.15) is 12.8 Å². The van der Waals surface area contributed by atoms with Crippen molar-refractivity contribution in [3.63, 3.8) is 0 Å². The highest BCUT2D eigenvalue weighted by Gasteiger charge is 2.49. The van der Waals surface area contributed by atoms with Gasteiger partial charge in [-0.2, -0.15) is 0 Å². The fourth-order valence-electron chi connectivity index (χ4n) is 4.59. The maximum absolute atomic E-state index is 13.2. The van der Waals surface area contributed by atoms with Gasteiger partial charge in [-0.3, -0.25) is 9.78 Å². The monoisotopic (exact) mass is 396 g/mol. The maximum atomic E-state index is 13.2. The van der Waals surface area contributed by atoms with E-state index in [1.807, 2.05) is 30.5 Å². The molecule has 0 N–H and O–H groups in total. The van der Waals surface area contributed by atoms with Gasteiger partial charge in [-0.05, 0) is 42.7 Å². The van der Waals surface area contributed by atoms with Gasteiger partial charge in [0.2, 0.25) is 0 Å². The van der Waals surface area contributed by atoms with E-state index in [0.717, 1.165) is 30.6 Å². The van der Waals surface area contributed by atoms with E-state index in [4.69, 9.17) is 21.1 Å². The van der Waals surface area contributed by atoms with Crippen LogP contribution in [0.2, 0.25) is 5.02 Å². The fraction of sp³-hybridized carbons (Fsp3) is 0.364. The molecular formula is C22H21ClN2O3. The molecule has 0 radical (unpaired) electrons. The van der Waals surface area contributed by atoms with Gasteiger partial charge >= 0.3 is 0 Å². The largest absolute Gasteiger partial charge is 0.496 e. The van der Waals surface area contributed by atoms with Gasteiger partial charge < -0.3 is 14.4 Å². The second-order valence-corrected chi connectivity index (χ2v) is 8.06. The third kappa shape index (κ3) is 3.09. The lowest BCUT2D eigenvalue weighted by Gasteiger charge is -2.48. The Morgan fingerprint density at radius 1 is 1.14 bits per heavy atom. The average Bonchev–Trinajstić information content (AvgIpc) is 2.75. The summed E-state index contributed by atoms with van der Waals surface area (Å²) < 4.78 is 12.3.